The summed E-state index contributed by atoms with van der Waals surface area (Å²) in [6.45, 7) is 2.75. The molecule has 16 heavy (non-hydrogen) atoms. The number of amides is 2. The van der Waals surface area contributed by atoms with E-state index in [-0.39, 0.29) is 0 Å². The maximum atomic E-state index is 11.4. The van der Waals surface area contributed by atoms with Gasteiger partial charge in [0.2, 0.25) is 5.91 Å². The number of rotatable bonds is 3. The second kappa shape index (κ2) is 4.32. The Hall–Kier alpha value is -1.88. The van der Waals surface area contributed by atoms with Crippen molar-refractivity contribution in [3.05, 3.63) is 29.8 Å². The summed E-state index contributed by atoms with van der Waals surface area (Å²) < 4.78 is 0. The van der Waals surface area contributed by atoms with Crippen LogP contribution in [0.5, 0.6) is 0 Å². The maximum absolute atomic E-state index is 11.4. The molecule has 0 fully saturated rings. The summed E-state index contributed by atoms with van der Waals surface area (Å²) in [4.78, 5) is 22.3. The van der Waals surface area contributed by atoms with Gasteiger partial charge in [-0.1, -0.05) is 6.07 Å². The van der Waals surface area contributed by atoms with E-state index in [1.165, 1.54) is 19.9 Å². The van der Waals surface area contributed by atoms with Gasteiger partial charge in [0.15, 0.2) is 0 Å². The van der Waals surface area contributed by atoms with E-state index >= 15 is 0 Å². The van der Waals surface area contributed by atoms with Crippen molar-refractivity contribution >= 4 is 17.5 Å². The number of primary amides is 1. The van der Waals surface area contributed by atoms with E-state index in [0.717, 1.165) is 0 Å². The molecular weight excluding hydrogens is 208 g/mol. The van der Waals surface area contributed by atoms with Crippen LogP contribution in [-0.4, -0.2) is 22.5 Å². The minimum absolute atomic E-state index is 0.300. The lowest BCUT2D eigenvalue weighted by Crippen LogP contribution is -2.36. The zero-order chi connectivity index (χ0) is 12.3. The Morgan fingerprint density at radius 3 is 2.50 bits per heavy atom. The molecule has 4 N–H and O–H groups in total. The van der Waals surface area contributed by atoms with Gasteiger partial charge < -0.3 is 16.2 Å². The summed E-state index contributed by atoms with van der Waals surface area (Å²) in [5.41, 5.74) is 4.35. The maximum Gasteiger partial charge on any atom is 0.255 e. The van der Waals surface area contributed by atoms with Crippen LogP contribution in [0.3, 0.4) is 0 Å². The number of hydrogen-bond donors (Lipinski definition) is 3. The highest BCUT2D eigenvalue weighted by atomic mass is 16.3. The molecule has 5 heteroatoms. The van der Waals surface area contributed by atoms with E-state index < -0.39 is 17.4 Å². The van der Waals surface area contributed by atoms with Crippen molar-refractivity contribution in [3.8, 4) is 0 Å². The average molecular weight is 222 g/mol. The SMILES string of the molecule is CC(C)(O)C(=O)Nc1cccc(C(N)=O)c1. The smallest absolute Gasteiger partial charge is 0.255 e. The van der Waals surface area contributed by atoms with Gasteiger partial charge in [-0.3, -0.25) is 9.59 Å². The lowest BCUT2D eigenvalue weighted by atomic mass is 10.1. The van der Waals surface area contributed by atoms with Gasteiger partial charge in [-0.2, -0.15) is 0 Å². The highest BCUT2D eigenvalue weighted by molar-refractivity contribution is 5.98. The highest BCUT2D eigenvalue weighted by Gasteiger charge is 2.23. The van der Waals surface area contributed by atoms with Crippen LogP contribution in [0.2, 0.25) is 0 Å². The number of carbonyl (C=O) groups is 2. The molecule has 0 aromatic heterocycles. The van der Waals surface area contributed by atoms with E-state index in [2.05, 4.69) is 5.32 Å². The fourth-order valence-electron chi connectivity index (χ4n) is 1.03. The molecule has 0 unspecified atom stereocenters. The standard InChI is InChI=1S/C11H14N2O3/c1-11(2,16)10(15)13-8-5-3-4-7(6-8)9(12)14/h3-6,16H,1-2H3,(H2,12,14)(H,13,15). The van der Waals surface area contributed by atoms with Crippen LogP contribution in [0, 0.1) is 0 Å². The van der Waals surface area contributed by atoms with Gasteiger partial charge in [0.25, 0.3) is 5.91 Å². The number of carbonyl (C=O) groups excluding carboxylic acids is 2. The lowest BCUT2D eigenvalue weighted by molar-refractivity contribution is -0.130. The number of benzene rings is 1. The van der Waals surface area contributed by atoms with Crippen molar-refractivity contribution in [3.63, 3.8) is 0 Å². The van der Waals surface area contributed by atoms with E-state index in [4.69, 9.17) is 5.73 Å². The van der Waals surface area contributed by atoms with Crippen molar-refractivity contribution < 1.29 is 14.7 Å². The molecule has 5 nitrogen and oxygen atoms in total. The third kappa shape index (κ3) is 3.06. The van der Waals surface area contributed by atoms with Crippen LogP contribution in [0.4, 0.5) is 5.69 Å². The van der Waals surface area contributed by atoms with Gasteiger partial charge >= 0.3 is 0 Å². The first-order valence-electron chi connectivity index (χ1n) is 4.74. The molecule has 0 aliphatic carbocycles. The fourth-order valence-corrected chi connectivity index (χ4v) is 1.03. The normalized spacial score (nSPS) is 10.9. The molecule has 0 bridgehead atoms. The van der Waals surface area contributed by atoms with Crippen molar-refractivity contribution in [2.45, 2.75) is 19.4 Å². The van der Waals surface area contributed by atoms with Gasteiger partial charge in [-0.05, 0) is 32.0 Å². The molecule has 0 radical (unpaired) electrons. The quantitative estimate of drug-likeness (QED) is 0.695. The molecule has 2 amide bonds. The minimum atomic E-state index is -1.47. The van der Waals surface area contributed by atoms with Crippen molar-refractivity contribution in [1.82, 2.24) is 0 Å². The molecule has 0 aliphatic heterocycles. The molecule has 1 aromatic rings. The van der Waals surface area contributed by atoms with Gasteiger partial charge in [0.1, 0.15) is 5.60 Å². The summed E-state index contributed by atoms with van der Waals surface area (Å²) in [7, 11) is 0. The summed E-state index contributed by atoms with van der Waals surface area (Å²) in [6.07, 6.45) is 0. The summed E-state index contributed by atoms with van der Waals surface area (Å²) in [6, 6.07) is 6.20. The zero-order valence-corrected chi connectivity index (χ0v) is 9.15. The Balaban J connectivity index is 2.87. The first-order chi connectivity index (χ1) is 7.30. The highest BCUT2D eigenvalue weighted by Crippen LogP contribution is 2.12. The Labute approximate surface area is 93.3 Å². The fraction of sp³-hybridized carbons (Fsp3) is 0.273. The number of nitrogens with two attached hydrogens (primary N) is 1. The average Bonchev–Trinajstić information content (AvgIpc) is 2.16. The Morgan fingerprint density at radius 2 is 2.00 bits per heavy atom. The molecule has 1 rings (SSSR count). The van der Waals surface area contributed by atoms with Crippen LogP contribution in [0.1, 0.15) is 24.2 Å². The number of anilines is 1. The molecular formula is C11H14N2O3. The molecule has 0 heterocycles. The Morgan fingerprint density at radius 1 is 1.38 bits per heavy atom. The molecule has 0 aliphatic rings. The Kier molecular flexibility index (Phi) is 3.29. The number of aliphatic hydroxyl groups is 1. The van der Waals surface area contributed by atoms with Gasteiger partial charge in [0, 0.05) is 11.3 Å². The predicted octanol–water partition coefficient (Wildman–Crippen LogP) is 0.495. The molecule has 0 saturated carbocycles. The van der Waals surface area contributed by atoms with E-state index in [9.17, 15) is 14.7 Å². The molecule has 0 saturated heterocycles. The summed E-state index contributed by atoms with van der Waals surface area (Å²) >= 11 is 0. The van der Waals surface area contributed by atoms with Crippen LogP contribution in [0.15, 0.2) is 24.3 Å². The van der Waals surface area contributed by atoms with Crippen LogP contribution in [-0.2, 0) is 4.79 Å². The van der Waals surface area contributed by atoms with Crippen molar-refractivity contribution in [2.75, 3.05) is 5.32 Å². The zero-order valence-electron chi connectivity index (χ0n) is 9.15. The largest absolute Gasteiger partial charge is 0.381 e. The molecule has 1 aromatic carbocycles. The van der Waals surface area contributed by atoms with Gasteiger partial charge in [-0.15, -0.1) is 0 Å². The lowest BCUT2D eigenvalue weighted by Gasteiger charge is -2.16. The number of nitrogens with one attached hydrogen (secondary N) is 1. The topological polar surface area (TPSA) is 92.4 Å². The second-order valence-corrected chi connectivity index (χ2v) is 3.96. The second-order valence-electron chi connectivity index (χ2n) is 3.96. The molecule has 0 atom stereocenters. The first-order valence-corrected chi connectivity index (χ1v) is 4.74. The van der Waals surface area contributed by atoms with E-state index in [1.54, 1.807) is 18.2 Å². The van der Waals surface area contributed by atoms with Crippen molar-refractivity contribution in [1.29, 1.82) is 0 Å². The molecule has 0 spiro atoms. The van der Waals surface area contributed by atoms with Gasteiger partial charge in [-0.25, -0.2) is 0 Å². The van der Waals surface area contributed by atoms with Crippen LogP contribution in [0.25, 0.3) is 0 Å². The Bertz CT molecular complexity index is 421. The van der Waals surface area contributed by atoms with E-state index in [0.29, 0.717) is 11.3 Å². The summed E-state index contributed by atoms with van der Waals surface area (Å²) in [5.74, 6) is -1.12. The predicted molar refractivity (Wildman–Crippen MR) is 59.9 cm³/mol. The van der Waals surface area contributed by atoms with E-state index in [1.807, 2.05) is 0 Å². The van der Waals surface area contributed by atoms with Crippen LogP contribution < -0.4 is 11.1 Å². The monoisotopic (exact) mass is 222 g/mol. The third-order valence-electron chi connectivity index (χ3n) is 1.96. The summed E-state index contributed by atoms with van der Waals surface area (Å²) in [5, 5.41) is 11.9. The minimum Gasteiger partial charge on any atom is -0.381 e. The van der Waals surface area contributed by atoms with Gasteiger partial charge in [0.05, 0.1) is 0 Å². The molecule has 86 valence electrons. The van der Waals surface area contributed by atoms with Crippen molar-refractivity contribution in [2.24, 2.45) is 5.73 Å². The number of hydrogen-bond acceptors (Lipinski definition) is 3. The first kappa shape index (κ1) is 12.2. The third-order valence-corrected chi connectivity index (χ3v) is 1.96. The van der Waals surface area contributed by atoms with Crippen LogP contribution >= 0.6 is 0 Å².